The normalized spacial score (nSPS) is 10.8. The Kier molecular flexibility index (Phi) is 5.59. The largest absolute Gasteiger partial charge is 0.498 e. The van der Waals surface area contributed by atoms with Gasteiger partial charge < -0.3 is 9.47 Å². The van der Waals surface area contributed by atoms with E-state index < -0.39 is 11.8 Å². The lowest BCUT2D eigenvalue weighted by Gasteiger charge is -2.01. The summed E-state index contributed by atoms with van der Waals surface area (Å²) >= 11 is 0. The molecule has 0 aromatic heterocycles. The number of allylic oxidation sites excluding steroid dienone is 1. The predicted molar refractivity (Wildman–Crippen MR) is 47.0 cm³/mol. The van der Waals surface area contributed by atoms with E-state index in [1.807, 2.05) is 0 Å². The molecule has 0 aromatic carbocycles. The molecule has 0 amide bonds. The fourth-order valence-corrected chi connectivity index (χ4v) is 0.715. The average molecular weight is 186 g/mol. The van der Waals surface area contributed by atoms with Crippen LogP contribution in [0.4, 0.5) is 0 Å². The first kappa shape index (κ1) is 11.7. The fraction of sp³-hybridized carbons (Fsp3) is 0.556. The molecule has 4 nitrogen and oxygen atoms in total. The number of hydrogen-bond donors (Lipinski definition) is 0. The zero-order chi connectivity index (χ0) is 10.3. The number of ether oxygens (including phenoxy) is 2. The summed E-state index contributed by atoms with van der Waals surface area (Å²) in [6.07, 6.45) is 1.13. The van der Waals surface area contributed by atoms with Crippen molar-refractivity contribution in [1.29, 1.82) is 0 Å². The van der Waals surface area contributed by atoms with Crippen molar-refractivity contribution in [2.45, 2.75) is 20.8 Å². The fourth-order valence-electron chi connectivity index (χ4n) is 0.715. The zero-order valence-corrected chi connectivity index (χ0v) is 8.12. The van der Waals surface area contributed by atoms with Gasteiger partial charge in [-0.25, -0.2) is 4.79 Å². The van der Waals surface area contributed by atoms with E-state index >= 15 is 0 Å². The molecular weight excluding hydrogens is 172 g/mol. The maximum atomic E-state index is 11.0. The first-order valence-corrected chi connectivity index (χ1v) is 4.14. The molecular formula is C9H14O4. The maximum Gasteiger partial charge on any atom is 0.379 e. The van der Waals surface area contributed by atoms with Gasteiger partial charge in [-0.1, -0.05) is 0 Å². The average Bonchev–Trinajstić information content (AvgIpc) is 2.05. The Labute approximate surface area is 77.5 Å². The first-order chi connectivity index (χ1) is 6.11. The van der Waals surface area contributed by atoms with Crippen molar-refractivity contribution in [1.82, 2.24) is 0 Å². The van der Waals surface area contributed by atoms with Crippen molar-refractivity contribution >= 4 is 11.8 Å². The third-order valence-corrected chi connectivity index (χ3v) is 1.18. The highest BCUT2D eigenvalue weighted by atomic mass is 16.5. The molecule has 0 radical (unpaired) electrons. The number of carbonyl (C=O) groups excluding carboxylic acids is 2. The Balaban J connectivity index is 4.12. The minimum Gasteiger partial charge on any atom is -0.498 e. The second-order valence-electron chi connectivity index (χ2n) is 2.27. The molecule has 4 heteroatoms. The highest BCUT2D eigenvalue weighted by molar-refractivity contribution is 6.38. The second kappa shape index (κ2) is 6.22. The Bertz CT molecular complexity index is 218. The lowest BCUT2D eigenvalue weighted by Crippen LogP contribution is -2.15. The Morgan fingerprint density at radius 1 is 1.15 bits per heavy atom. The molecule has 0 aliphatic carbocycles. The molecule has 0 saturated carbocycles. The minimum absolute atomic E-state index is 0.200. The van der Waals surface area contributed by atoms with Crippen molar-refractivity contribution in [3.05, 3.63) is 11.8 Å². The molecule has 0 fully saturated rings. The Morgan fingerprint density at radius 2 is 1.69 bits per heavy atom. The third kappa shape index (κ3) is 5.00. The summed E-state index contributed by atoms with van der Waals surface area (Å²) in [5, 5.41) is 0. The first-order valence-electron chi connectivity index (χ1n) is 4.14. The van der Waals surface area contributed by atoms with Gasteiger partial charge >= 0.3 is 5.97 Å². The van der Waals surface area contributed by atoms with Crippen LogP contribution in [-0.4, -0.2) is 25.0 Å². The third-order valence-electron chi connectivity index (χ3n) is 1.18. The molecule has 0 spiro atoms. The van der Waals surface area contributed by atoms with Crippen molar-refractivity contribution < 1.29 is 19.1 Å². The number of rotatable bonds is 5. The van der Waals surface area contributed by atoms with Crippen LogP contribution in [-0.2, 0) is 19.1 Å². The van der Waals surface area contributed by atoms with E-state index in [1.54, 1.807) is 20.8 Å². The Hall–Kier alpha value is -1.32. The molecule has 0 aliphatic heterocycles. The predicted octanol–water partition coefficient (Wildman–Crippen LogP) is 1.06. The summed E-state index contributed by atoms with van der Waals surface area (Å²) < 4.78 is 9.47. The topological polar surface area (TPSA) is 52.6 Å². The van der Waals surface area contributed by atoms with Gasteiger partial charge in [-0.05, 0) is 20.8 Å². The summed E-state index contributed by atoms with van der Waals surface area (Å²) in [5.74, 6) is -1.12. The van der Waals surface area contributed by atoms with E-state index in [2.05, 4.69) is 4.74 Å². The minimum atomic E-state index is -0.846. The second-order valence-corrected chi connectivity index (χ2v) is 2.27. The van der Waals surface area contributed by atoms with Crippen LogP contribution in [0.2, 0.25) is 0 Å². The summed E-state index contributed by atoms with van der Waals surface area (Å²) in [6, 6.07) is 0. The number of hydrogen-bond acceptors (Lipinski definition) is 4. The van der Waals surface area contributed by atoms with E-state index in [0.29, 0.717) is 12.4 Å². The molecule has 0 aromatic rings. The van der Waals surface area contributed by atoms with Crippen LogP contribution in [0.25, 0.3) is 0 Å². The van der Waals surface area contributed by atoms with Gasteiger partial charge in [0.15, 0.2) is 0 Å². The molecule has 0 bridgehead atoms. The van der Waals surface area contributed by atoms with Crippen molar-refractivity contribution in [3.8, 4) is 0 Å². The Morgan fingerprint density at radius 3 is 2.15 bits per heavy atom. The van der Waals surface area contributed by atoms with Gasteiger partial charge in [0.25, 0.3) is 5.78 Å². The molecule has 0 rings (SSSR count). The van der Waals surface area contributed by atoms with E-state index in [4.69, 9.17) is 4.74 Å². The molecule has 0 unspecified atom stereocenters. The lowest BCUT2D eigenvalue weighted by molar-refractivity contribution is -0.151. The van der Waals surface area contributed by atoms with Gasteiger partial charge in [0, 0.05) is 6.08 Å². The van der Waals surface area contributed by atoms with E-state index in [-0.39, 0.29) is 6.61 Å². The van der Waals surface area contributed by atoms with Crippen LogP contribution in [0.1, 0.15) is 20.8 Å². The summed E-state index contributed by atoms with van der Waals surface area (Å²) in [6.45, 7) is 5.72. The van der Waals surface area contributed by atoms with E-state index in [0.717, 1.165) is 6.08 Å². The van der Waals surface area contributed by atoms with Crippen LogP contribution < -0.4 is 0 Å². The molecule has 0 aliphatic rings. The molecule has 13 heavy (non-hydrogen) atoms. The lowest BCUT2D eigenvalue weighted by atomic mass is 10.3. The van der Waals surface area contributed by atoms with Gasteiger partial charge in [0.05, 0.1) is 19.0 Å². The highest BCUT2D eigenvalue weighted by Gasteiger charge is 2.11. The number of ketones is 1. The summed E-state index contributed by atoms with van der Waals surface area (Å²) in [7, 11) is 0. The quantitative estimate of drug-likeness (QED) is 0.279. The van der Waals surface area contributed by atoms with Gasteiger partial charge in [-0.3, -0.25) is 4.79 Å². The van der Waals surface area contributed by atoms with Gasteiger partial charge in [-0.2, -0.15) is 0 Å². The number of carbonyl (C=O) groups is 2. The summed E-state index contributed by atoms with van der Waals surface area (Å²) in [4.78, 5) is 21.8. The standard InChI is InChI=1S/C9H14O4/c1-4-12-7(3)6-8(10)9(11)13-5-2/h6H,4-5H2,1-3H3/b7-6+. The van der Waals surface area contributed by atoms with Crippen molar-refractivity contribution in [2.24, 2.45) is 0 Å². The molecule has 0 atom stereocenters. The van der Waals surface area contributed by atoms with Gasteiger partial charge in [-0.15, -0.1) is 0 Å². The van der Waals surface area contributed by atoms with Crippen molar-refractivity contribution in [2.75, 3.05) is 13.2 Å². The molecule has 0 heterocycles. The van der Waals surface area contributed by atoms with Crippen LogP contribution >= 0.6 is 0 Å². The van der Waals surface area contributed by atoms with E-state index in [1.165, 1.54) is 0 Å². The molecule has 0 saturated heterocycles. The van der Waals surface area contributed by atoms with Gasteiger partial charge in [0.2, 0.25) is 0 Å². The van der Waals surface area contributed by atoms with E-state index in [9.17, 15) is 9.59 Å². The van der Waals surface area contributed by atoms with Crippen LogP contribution in [0.15, 0.2) is 11.8 Å². The maximum absolute atomic E-state index is 11.0. The smallest absolute Gasteiger partial charge is 0.379 e. The monoisotopic (exact) mass is 186 g/mol. The number of esters is 1. The molecule has 0 N–H and O–H groups in total. The van der Waals surface area contributed by atoms with Crippen LogP contribution in [0.3, 0.4) is 0 Å². The molecule has 74 valence electrons. The summed E-state index contributed by atoms with van der Waals surface area (Å²) in [5.41, 5.74) is 0. The van der Waals surface area contributed by atoms with Crippen molar-refractivity contribution in [3.63, 3.8) is 0 Å². The van der Waals surface area contributed by atoms with Crippen LogP contribution in [0, 0.1) is 0 Å². The highest BCUT2D eigenvalue weighted by Crippen LogP contribution is 1.96. The van der Waals surface area contributed by atoms with Gasteiger partial charge in [0.1, 0.15) is 0 Å². The zero-order valence-electron chi connectivity index (χ0n) is 8.12. The SMILES string of the molecule is CCOC(=O)C(=O)/C=C(\C)OCC. The van der Waals surface area contributed by atoms with Crippen LogP contribution in [0.5, 0.6) is 0 Å².